The molecule has 0 aliphatic carbocycles. The Kier molecular flexibility index (Phi) is 5.29. The van der Waals surface area contributed by atoms with Gasteiger partial charge in [0.25, 0.3) is 0 Å². The minimum atomic E-state index is -0.730. The number of rotatable bonds is 5. The average Bonchev–Trinajstić information content (AvgIpc) is 2.16. The number of thioether (sulfide) groups is 1. The van der Waals surface area contributed by atoms with E-state index >= 15 is 0 Å². The van der Waals surface area contributed by atoms with Crippen LogP contribution >= 0.6 is 11.8 Å². The van der Waals surface area contributed by atoms with Gasteiger partial charge in [-0.15, -0.1) is 0 Å². The molecule has 1 atom stereocenters. The molecule has 5 heteroatoms. The molecule has 1 aliphatic rings. The first kappa shape index (κ1) is 11.8. The summed E-state index contributed by atoms with van der Waals surface area (Å²) in [5, 5.41) is 17.4. The summed E-state index contributed by atoms with van der Waals surface area (Å²) in [6, 6.07) is 0.151. The molecule has 1 rings (SSSR count). The molecule has 0 spiro atoms. The van der Waals surface area contributed by atoms with Crippen molar-refractivity contribution in [3.8, 4) is 0 Å². The number of nitrogens with zero attached hydrogens (tertiary/aromatic N) is 1. The molecule has 4 nitrogen and oxygen atoms in total. The lowest BCUT2D eigenvalue weighted by Crippen LogP contribution is -2.44. The second-order valence-corrected chi connectivity index (χ2v) is 4.59. The van der Waals surface area contributed by atoms with Crippen LogP contribution in [0.15, 0.2) is 0 Å². The predicted molar refractivity (Wildman–Crippen MR) is 56.6 cm³/mol. The van der Waals surface area contributed by atoms with E-state index in [1.54, 1.807) is 0 Å². The molecule has 0 aromatic heterocycles. The molecule has 0 saturated carbocycles. The highest BCUT2D eigenvalue weighted by Crippen LogP contribution is 2.18. The molecule has 82 valence electrons. The standard InChI is InChI=1S/C9H17NO3S/c11-4-1-2-10-3-5-14-7-8(10)6-9(12)13/h8,11H,1-7H2,(H,12,13). The number of aliphatic hydroxyl groups is 1. The number of aliphatic hydroxyl groups excluding tert-OH is 1. The number of carboxylic acid groups (broad SMARTS) is 1. The van der Waals surface area contributed by atoms with Gasteiger partial charge in [-0.25, -0.2) is 0 Å². The third-order valence-electron chi connectivity index (χ3n) is 2.36. The summed E-state index contributed by atoms with van der Waals surface area (Å²) in [6.07, 6.45) is 0.958. The van der Waals surface area contributed by atoms with Crippen LogP contribution < -0.4 is 0 Å². The molecule has 1 fully saturated rings. The number of hydrogen-bond donors (Lipinski definition) is 2. The summed E-state index contributed by atoms with van der Waals surface area (Å²) >= 11 is 1.81. The normalized spacial score (nSPS) is 23.6. The highest BCUT2D eigenvalue weighted by molar-refractivity contribution is 7.99. The Morgan fingerprint density at radius 2 is 2.36 bits per heavy atom. The Morgan fingerprint density at radius 1 is 1.57 bits per heavy atom. The summed E-state index contributed by atoms with van der Waals surface area (Å²) in [5.41, 5.74) is 0. The maximum Gasteiger partial charge on any atom is 0.304 e. The van der Waals surface area contributed by atoms with E-state index in [4.69, 9.17) is 10.2 Å². The summed E-state index contributed by atoms with van der Waals surface area (Å²) < 4.78 is 0. The summed E-state index contributed by atoms with van der Waals surface area (Å²) in [6.45, 7) is 1.95. The largest absolute Gasteiger partial charge is 0.481 e. The minimum Gasteiger partial charge on any atom is -0.481 e. The van der Waals surface area contributed by atoms with Crippen LogP contribution in [0.1, 0.15) is 12.8 Å². The lowest BCUT2D eigenvalue weighted by atomic mass is 10.2. The molecule has 0 aromatic rings. The van der Waals surface area contributed by atoms with Crippen LogP contribution in [-0.4, -0.2) is 58.3 Å². The second kappa shape index (κ2) is 6.27. The van der Waals surface area contributed by atoms with Gasteiger partial charge in [0.1, 0.15) is 0 Å². The molecule has 0 amide bonds. The van der Waals surface area contributed by atoms with E-state index in [0.717, 1.165) is 31.0 Å². The van der Waals surface area contributed by atoms with E-state index in [2.05, 4.69) is 4.90 Å². The Labute approximate surface area is 88.3 Å². The fourth-order valence-corrected chi connectivity index (χ4v) is 2.78. The SMILES string of the molecule is O=C(O)CC1CSCCN1CCCO. The van der Waals surface area contributed by atoms with Crippen molar-refractivity contribution in [2.75, 3.05) is 31.2 Å². The van der Waals surface area contributed by atoms with Crippen LogP contribution in [0.3, 0.4) is 0 Å². The lowest BCUT2D eigenvalue weighted by Gasteiger charge is -2.34. The summed E-state index contributed by atoms with van der Waals surface area (Å²) in [7, 11) is 0. The molecule has 0 aromatic carbocycles. The van der Waals surface area contributed by atoms with E-state index in [9.17, 15) is 4.79 Å². The zero-order valence-electron chi connectivity index (χ0n) is 8.19. The van der Waals surface area contributed by atoms with E-state index in [0.29, 0.717) is 0 Å². The van der Waals surface area contributed by atoms with E-state index in [1.165, 1.54) is 0 Å². The van der Waals surface area contributed by atoms with Gasteiger partial charge in [-0.1, -0.05) is 0 Å². The van der Waals surface area contributed by atoms with Crippen molar-refractivity contribution in [3.63, 3.8) is 0 Å². The van der Waals surface area contributed by atoms with Gasteiger partial charge >= 0.3 is 5.97 Å². The van der Waals surface area contributed by atoms with E-state index in [1.807, 2.05) is 11.8 Å². The Morgan fingerprint density at radius 3 is 3.00 bits per heavy atom. The quantitative estimate of drug-likeness (QED) is 0.694. The smallest absolute Gasteiger partial charge is 0.304 e. The maximum atomic E-state index is 10.6. The van der Waals surface area contributed by atoms with Crippen LogP contribution in [0.2, 0.25) is 0 Å². The molecular weight excluding hydrogens is 202 g/mol. The van der Waals surface area contributed by atoms with E-state index < -0.39 is 5.97 Å². The first-order valence-electron chi connectivity index (χ1n) is 4.88. The van der Waals surface area contributed by atoms with Crippen molar-refractivity contribution in [1.82, 2.24) is 4.90 Å². The third kappa shape index (κ3) is 3.86. The van der Waals surface area contributed by atoms with Crippen LogP contribution in [0.25, 0.3) is 0 Å². The fraction of sp³-hybridized carbons (Fsp3) is 0.889. The van der Waals surface area contributed by atoms with Gasteiger partial charge in [-0.2, -0.15) is 11.8 Å². The van der Waals surface area contributed by atoms with Crippen LogP contribution in [0, 0.1) is 0 Å². The van der Waals surface area contributed by atoms with Crippen LogP contribution in [0.5, 0.6) is 0 Å². The monoisotopic (exact) mass is 219 g/mol. The van der Waals surface area contributed by atoms with Crippen molar-refractivity contribution in [3.05, 3.63) is 0 Å². The van der Waals surface area contributed by atoms with Gasteiger partial charge in [0.05, 0.1) is 6.42 Å². The summed E-state index contributed by atoms with van der Waals surface area (Å²) in [4.78, 5) is 12.8. The molecular formula is C9H17NO3S. The number of carbonyl (C=O) groups is 1. The van der Waals surface area contributed by atoms with Gasteiger partial charge < -0.3 is 10.2 Å². The third-order valence-corrected chi connectivity index (χ3v) is 3.45. The average molecular weight is 219 g/mol. The van der Waals surface area contributed by atoms with Crippen molar-refractivity contribution in [2.45, 2.75) is 18.9 Å². The van der Waals surface area contributed by atoms with Gasteiger partial charge in [-0.05, 0) is 6.42 Å². The van der Waals surface area contributed by atoms with Crippen molar-refractivity contribution >= 4 is 17.7 Å². The van der Waals surface area contributed by atoms with Crippen molar-refractivity contribution in [2.24, 2.45) is 0 Å². The maximum absolute atomic E-state index is 10.6. The molecule has 2 N–H and O–H groups in total. The highest BCUT2D eigenvalue weighted by atomic mass is 32.2. The topological polar surface area (TPSA) is 60.8 Å². The molecule has 1 aliphatic heterocycles. The molecule has 1 heterocycles. The van der Waals surface area contributed by atoms with Gasteiger partial charge in [0.15, 0.2) is 0 Å². The van der Waals surface area contributed by atoms with Crippen molar-refractivity contribution in [1.29, 1.82) is 0 Å². The zero-order valence-corrected chi connectivity index (χ0v) is 9.00. The molecule has 14 heavy (non-hydrogen) atoms. The molecule has 0 radical (unpaired) electrons. The minimum absolute atomic E-state index is 0.151. The number of aliphatic carboxylic acids is 1. The Bertz CT molecular complexity index is 189. The number of hydrogen-bond acceptors (Lipinski definition) is 4. The van der Waals surface area contributed by atoms with Crippen molar-refractivity contribution < 1.29 is 15.0 Å². The van der Waals surface area contributed by atoms with Crippen LogP contribution in [-0.2, 0) is 4.79 Å². The Balaban J connectivity index is 2.37. The Hall–Kier alpha value is -0.260. The first-order valence-corrected chi connectivity index (χ1v) is 6.04. The summed E-state index contributed by atoms with van der Waals surface area (Å²) in [5.74, 6) is 1.24. The van der Waals surface area contributed by atoms with E-state index in [-0.39, 0.29) is 19.1 Å². The predicted octanol–water partition coefficient (Wildman–Crippen LogP) is 0.261. The van der Waals surface area contributed by atoms with Crippen LogP contribution in [0.4, 0.5) is 0 Å². The molecule has 0 bridgehead atoms. The zero-order chi connectivity index (χ0) is 10.4. The van der Waals surface area contributed by atoms with Gasteiger partial charge in [0.2, 0.25) is 0 Å². The molecule has 1 unspecified atom stereocenters. The highest BCUT2D eigenvalue weighted by Gasteiger charge is 2.24. The van der Waals surface area contributed by atoms with Gasteiger partial charge in [0, 0.05) is 37.2 Å². The first-order chi connectivity index (χ1) is 6.74. The van der Waals surface area contributed by atoms with Gasteiger partial charge in [-0.3, -0.25) is 9.69 Å². The second-order valence-electron chi connectivity index (χ2n) is 3.44. The lowest BCUT2D eigenvalue weighted by molar-refractivity contribution is -0.138. The molecule has 1 saturated heterocycles. The fourth-order valence-electron chi connectivity index (χ4n) is 1.65. The number of carboxylic acids is 1.